The lowest BCUT2D eigenvalue weighted by atomic mass is 10.2. The molecule has 0 heterocycles. The van der Waals surface area contributed by atoms with Crippen LogP contribution in [-0.4, -0.2) is 19.8 Å². The molecular weight excluding hydrogens is 309 g/mol. The molecule has 17 heavy (non-hydrogen) atoms. The predicted molar refractivity (Wildman–Crippen MR) is 69.2 cm³/mol. The van der Waals surface area contributed by atoms with Crippen LogP contribution in [0.25, 0.3) is 0 Å². The van der Waals surface area contributed by atoms with Crippen molar-refractivity contribution in [3.8, 4) is 0 Å². The molecule has 1 atom stereocenters. The molecule has 96 valence electrons. The van der Waals surface area contributed by atoms with Crippen LogP contribution in [0.2, 0.25) is 0 Å². The molecule has 0 bridgehead atoms. The lowest BCUT2D eigenvalue weighted by Gasteiger charge is -2.16. The largest absolute Gasteiger partial charge is 0.243 e. The Morgan fingerprint density at radius 3 is 2.59 bits per heavy atom. The summed E-state index contributed by atoms with van der Waals surface area (Å²) in [6.45, 7) is 1.89. The van der Waals surface area contributed by atoms with Crippen LogP contribution >= 0.6 is 15.9 Å². The highest BCUT2D eigenvalue weighted by atomic mass is 79.9. The zero-order valence-corrected chi connectivity index (χ0v) is 11.9. The zero-order chi connectivity index (χ0) is 12.9. The van der Waals surface area contributed by atoms with Crippen molar-refractivity contribution in [2.45, 2.75) is 30.7 Å². The number of halogens is 2. The van der Waals surface area contributed by atoms with E-state index in [4.69, 9.17) is 0 Å². The van der Waals surface area contributed by atoms with Crippen LogP contribution in [0.15, 0.2) is 29.2 Å². The van der Waals surface area contributed by atoms with Crippen molar-refractivity contribution in [1.29, 1.82) is 0 Å². The summed E-state index contributed by atoms with van der Waals surface area (Å²) in [4.78, 5) is -0.298. The molecule has 0 fully saturated rings. The maximum absolute atomic E-state index is 13.4. The van der Waals surface area contributed by atoms with E-state index in [1.165, 1.54) is 18.2 Å². The van der Waals surface area contributed by atoms with Gasteiger partial charge in [0.25, 0.3) is 0 Å². The predicted octanol–water partition coefficient (Wildman–Crippen LogP) is 2.67. The average Bonchev–Trinajstić information content (AvgIpc) is 2.28. The van der Waals surface area contributed by atoms with Crippen molar-refractivity contribution in [1.82, 2.24) is 4.72 Å². The fraction of sp³-hybridized carbons (Fsp3) is 0.455. The van der Waals surface area contributed by atoms with Gasteiger partial charge in [-0.25, -0.2) is 17.5 Å². The Labute approximate surface area is 110 Å². The molecule has 0 aliphatic carbocycles. The summed E-state index contributed by atoms with van der Waals surface area (Å²) in [5.74, 6) is -0.728. The summed E-state index contributed by atoms with van der Waals surface area (Å²) >= 11 is 3.26. The molecule has 0 saturated heterocycles. The first-order valence-electron chi connectivity index (χ1n) is 5.34. The van der Waals surface area contributed by atoms with Gasteiger partial charge in [-0.15, -0.1) is 0 Å². The van der Waals surface area contributed by atoms with E-state index in [1.54, 1.807) is 0 Å². The minimum atomic E-state index is -3.77. The van der Waals surface area contributed by atoms with Gasteiger partial charge in [0.1, 0.15) is 10.7 Å². The summed E-state index contributed by atoms with van der Waals surface area (Å²) in [7, 11) is -3.77. The number of hydrogen-bond donors (Lipinski definition) is 1. The molecule has 0 saturated carbocycles. The minimum absolute atomic E-state index is 0.181. The number of sulfonamides is 1. The lowest BCUT2D eigenvalue weighted by molar-refractivity contribution is 0.522. The number of hydrogen-bond acceptors (Lipinski definition) is 2. The van der Waals surface area contributed by atoms with Crippen molar-refractivity contribution >= 4 is 26.0 Å². The van der Waals surface area contributed by atoms with Crippen LogP contribution in [0, 0.1) is 5.82 Å². The maximum Gasteiger partial charge on any atom is 0.243 e. The molecule has 3 nitrogen and oxygen atoms in total. The van der Waals surface area contributed by atoms with Gasteiger partial charge in [-0.3, -0.25) is 0 Å². The molecule has 6 heteroatoms. The van der Waals surface area contributed by atoms with Gasteiger partial charge < -0.3 is 0 Å². The molecular formula is C11H15BrFNO2S. The monoisotopic (exact) mass is 323 g/mol. The molecule has 1 N–H and O–H groups in total. The van der Waals surface area contributed by atoms with Crippen LogP contribution in [0.4, 0.5) is 4.39 Å². The van der Waals surface area contributed by atoms with Gasteiger partial charge in [0.05, 0.1) is 0 Å². The summed E-state index contributed by atoms with van der Waals surface area (Å²) in [5, 5.41) is 0.700. The molecule has 1 rings (SSSR count). The van der Waals surface area contributed by atoms with E-state index in [2.05, 4.69) is 20.7 Å². The second-order valence-electron chi connectivity index (χ2n) is 3.63. The Balaban J connectivity index is 2.92. The second-order valence-corrected chi connectivity index (χ2v) is 6.11. The smallest absolute Gasteiger partial charge is 0.208 e. The Bertz CT molecular complexity index is 464. The fourth-order valence-corrected chi connectivity index (χ4v) is 3.41. The topological polar surface area (TPSA) is 46.2 Å². The first kappa shape index (κ1) is 14.6. The number of rotatable bonds is 6. The minimum Gasteiger partial charge on any atom is -0.208 e. The fourth-order valence-electron chi connectivity index (χ4n) is 1.42. The van der Waals surface area contributed by atoms with E-state index >= 15 is 0 Å². The number of alkyl halides is 1. The Morgan fingerprint density at radius 1 is 1.41 bits per heavy atom. The van der Waals surface area contributed by atoms with Crippen molar-refractivity contribution in [3.05, 3.63) is 30.1 Å². The molecule has 0 amide bonds. The molecule has 0 spiro atoms. The first-order chi connectivity index (χ1) is 8.01. The molecule has 0 radical (unpaired) electrons. The van der Waals surface area contributed by atoms with Gasteiger partial charge in [-0.1, -0.05) is 35.0 Å². The van der Waals surface area contributed by atoms with Crippen molar-refractivity contribution in [2.24, 2.45) is 0 Å². The summed E-state index contributed by atoms with van der Waals surface area (Å²) < 4.78 is 39.8. The van der Waals surface area contributed by atoms with Crippen molar-refractivity contribution in [2.75, 3.05) is 5.33 Å². The first-order valence-corrected chi connectivity index (χ1v) is 7.94. The normalized spacial score (nSPS) is 13.6. The number of benzene rings is 1. The van der Waals surface area contributed by atoms with Crippen LogP contribution in [-0.2, 0) is 10.0 Å². The molecule has 1 aromatic carbocycles. The van der Waals surface area contributed by atoms with Crippen molar-refractivity contribution < 1.29 is 12.8 Å². The quantitative estimate of drug-likeness (QED) is 0.818. The van der Waals surface area contributed by atoms with Crippen molar-refractivity contribution in [3.63, 3.8) is 0 Å². The Kier molecular flexibility index (Phi) is 5.55. The van der Waals surface area contributed by atoms with E-state index in [-0.39, 0.29) is 10.9 Å². The van der Waals surface area contributed by atoms with Gasteiger partial charge >= 0.3 is 0 Å². The third kappa shape index (κ3) is 4.04. The second kappa shape index (κ2) is 6.47. The molecule has 0 aromatic heterocycles. The van der Waals surface area contributed by atoms with E-state index in [0.29, 0.717) is 18.2 Å². The van der Waals surface area contributed by atoms with Crippen LogP contribution in [0.1, 0.15) is 19.8 Å². The van der Waals surface area contributed by atoms with Gasteiger partial charge in [0.15, 0.2) is 0 Å². The average molecular weight is 324 g/mol. The van der Waals surface area contributed by atoms with Gasteiger partial charge in [0, 0.05) is 11.4 Å². The Hall–Kier alpha value is -0.460. The van der Waals surface area contributed by atoms with E-state index in [0.717, 1.165) is 6.07 Å². The zero-order valence-electron chi connectivity index (χ0n) is 9.49. The van der Waals surface area contributed by atoms with Crippen LogP contribution in [0.5, 0.6) is 0 Å². The molecule has 1 unspecified atom stereocenters. The summed E-state index contributed by atoms with van der Waals surface area (Å²) in [6, 6.07) is 5.19. The standard InChI is InChI=1S/C11H15BrFNO2S/c1-2-9(7-8-12)14-17(15,16)11-6-4-3-5-10(11)13/h3-6,9,14H,2,7-8H2,1H3. The molecule has 1 aromatic rings. The van der Waals surface area contributed by atoms with E-state index < -0.39 is 15.8 Å². The van der Waals surface area contributed by atoms with Gasteiger partial charge in [-0.05, 0) is 25.0 Å². The van der Waals surface area contributed by atoms with E-state index in [9.17, 15) is 12.8 Å². The van der Waals surface area contributed by atoms with Gasteiger partial charge in [0.2, 0.25) is 10.0 Å². The molecule has 0 aliphatic rings. The summed E-state index contributed by atoms with van der Waals surface area (Å²) in [6.07, 6.45) is 1.34. The van der Waals surface area contributed by atoms with Crippen LogP contribution in [0.3, 0.4) is 0 Å². The third-order valence-corrected chi connectivity index (χ3v) is 4.41. The lowest BCUT2D eigenvalue weighted by Crippen LogP contribution is -2.35. The SMILES string of the molecule is CCC(CCBr)NS(=O)(=O)c1ccccc1F. The highest BCUT2D eigenvalue weighted by molar-refractivity contribution is 9.09. The Morgan fingerprint density at radius 2 is 2.06 bits per heavy atom. The maximum atomic E-state index is 13.4. The van der Waals surface area contributed by atoms with Crippen LogP contribution < -0.4 is 4.72 Å². The highest BCUT2D eigenvalue weighted by Gasteiger charge is 2.21. The van der Waals surface area contributed by atoms with E-state index in [1.807, 2.05) is 6.92 Å². The molecule has 0 aliphatic heterocycles. The number of nitrogens with one attached hydrogen (secondary N) is 1. The summed E-state index contributed by atoms with van der Waals surface area (Å²) in [5.41, 5.74) is 0. The highest BCUT2D eigenvalue weighted by Crippen LogP contribution is 2.15. The third-order valence-electron chi connectivity index (χ3n) is 2.40. The van der Waals surface area contributed by atoms with Gasteiger partial charge in [-0.2, -0.15) is 0 Å².